The van der Waals surface area contributed by atoms with Crippen molar-refractivity contribution in [2.75, 3.05) is 20.6 Å². The van der Waals surface area contributed by atoms with Gasteiger partial charge < -0.3 is 26.4 Å². The van der Waals surface area contributed by atoms with Gasteiger partial charge in [-0.15, -0.1) is 0 Å². The van der Waals surface area contributed by atoms with E-state index in [1.807, 2.05) is 13.0 Å². The number of nitrogens with zero attached hydrogens (tertiary/aromatic N) is 1. The van der Waals surface area contributed by atoms with Crippen LogP contribution in [0.15, 0.2) is 30.3 Å². The minimum Gasteiger partial charge on any atom is -0.382 e. The van der Waals surface area contributed by atoms with Gasteiger partial charge in [-0.05, 0) is 12.0 Å². The first-order valence-corrected chi connectivity index (χ1v) is 9.04. The number of carbonyl (C=O) groups excluding carboxylic acids is 3. The van der Waals surface area contributed by atoms with Crippen molar-refractivity contribution in [3.8, 4) is 0 Å². The van der Waals surface area contributed by atoms with Crippen LogP contribution in [-0.4, -0.2) is 60.5 Å². The van der Waals surface area contributed by atoms with E-state index >= 15 is 0 Å². The summed E-state index contributed by atoms with van der Waals surface area (Å²) in [4.78, 5) is 37.9. The second kappa shape index (κ2) is 11.3. The fourth-order valence-corrected chi connectivity index (χ4v) is 2.47. The van der Waals surface area contributed by atoms with Crippen LogP contribution in [-0.2, 0) is 14.4 Å². The molecule has 3 amide bonds. The molecule has 3 atom stereocenters. The molecule has 1 aromatic rings. The van der Waals surface area contributed by atoms with Crippen LogP contribution in [0.2, 0.25) is 0 Å². The summed E-state index contributed by atoms with van der Waals surface area (Å²) in [7, 11) is 3.19. The third kappa shape index (κ3) is 7.36. The lowest BCUT2D eigenvalue weighted by molar-refractivity contribution is -0.135. The van der Waals surface area contributed by atoms with Crippen LogP contribution in [0.1, 0.15) is 37.8 Å². The number of nitrogens with two attached hydrogens (primary N) is 1. The molecule has 0 saturated carbocycles. The maximum atomic E-state index is 12.4. The van der Waals surface area contributed by atoms with Crippen molar-refractivity contribution < 1.29 is 19.5 Å². The van der Waals surface area contributed by atoms with Gasteiger partial charge in [0.2, 0.25) is 11.8 Å². The van der Waals surface area contributed by atoms with Gasteiger partial charge in [-0.2, -0.15) is 0 Å². The van der Waals surface area contributed by atoms with Crippen LogP contribution in [0.4, 0.5) is 0 Å². The van der Waals surface area contributed by atoms with Gasteiger partial charge in [0.25, 0.3) is 5.91 Å². The van der Waals surface area contributed by atoms with Crippen LogP contribution in [0, 0.1) is 0 Å². The van der Waals surface area contributed by atoms with Crippen molar-refractivity contribution in [3.63, 3.8) is 0 Å². The zero-order chi connectivity index (χ0) is 20.4. The molecule has 0 spiro atoms. The summed E-state index contributed by atoms with van der Waals surface area (Å²) in [6, 6.07) is 7.29. The highest BCUT2D eigenvalue weighted by Crippen LogP contribution is 2.14. The van der Waals surface area contributed by atoms with Crippen molar-refractivity contribution in [3.05, 3.63) is 35.9 Å². The minimum atomic E-state index is -1.38. The lowest BCUT2D eigenvalue weighted by atomic mass is 10.0. The van der Waals surface area contributed by atoms with Crippen LogP contribution in [0.5, 0.6) is 0 Å². The Kier molecular flexibility index (Phi) is 9.46. The predicted octanol–water partition coefficient (Wildman–Crippen LogP) is -0.0733. The van der Waals surface area contributed by atoms with Gasteiger partial charge in [-0.3, -0.25) is 14.4 Å². The summed E-state index contributed by atoms with van der Waals surface area (Å²) >= 11 is 0. The SMILES string of the molecule is CCCCC(N)C(O)C(=O)NCC(=O)NC(C(=O)N(C)C)c1ccccc1. The molecule has 0 aliphatic rings. The number of aliphatic hydroxyl groups is 1. The van der Waals surface area contributed by atoms with Gasteiger partial charge >= 0.3 is 0 Å². The summed E-state index contributed by atoms with van der Waals surface area (Å²) in [6.45, 7) is 1.63. The van der Waals surface area contributed by atoms with Gasteiger partial charge in [0.15, 0.2) is 0 Å². The van der Waals surface area contributed by atoms with E-state index in [0.29, 0.717) is 12.0 Å². The zero-order valence-corrected chi connectivity index (χ0v) is 16.1. The molecule has 1 aromatic carbocycles. The van der Waals surface area contributed by atoms with Gasteiger partial charge in [0.05, 0.1) is 6.54 Å². The fraction of sp³-hybridized carbons (Fsp3) is 0.526. The molecule has 8 heteroatoms. The molecule has 0 heterocycles. The van der Waals surface area contributed by atoms with Crippen molar-refractivity contribution in [2.45, 2.75) is 44.4 Å². The Bertz CT molecular complexity index is 621. The standard InChI is InChI=1S/C19H30N4O4/c1-4-5-11-14(20)17(25)18(26)21-12-15(24)22-16(19(27)23(2)3)13-9-7-6-8-10-13/h6-10,14,16-17,25H,4-5,11-12,20H2,1-3H3,(H,21,26)(H,22,24). The molecule has 8 nitrogen and oxygen atoms in total. The van der Waals surface area contributed by atoms with E-state index in [9.17, 15) is 19.5 Å². The highest BCUT2D eigenvalue weighted by Gasteiger charge is 2.26. The number of unbranched alkanes of at least 4 members (excludes halogenated alkanes) is 1. The first kappa shape index (κ1) is 22.6. The number of nitrogens with one attached hydrogen (secondary N) is 2. The largest absolute Gasteiger partial charge is 0.382 e. The second-order valence-electron chi connectivity index (χ2n) is 6.61. The van der Waals surface area contributed by atoms with Gasteiger partial charge in [-0.25, -0.2) is 0 Å². The molecule has 150 valence electrons. The quantitative estimate of drug-likeness (QED) is 0.453. The number of carbonyl (C=O) groups is 3. The number of amides is 3. The van der Waals surface area contributed by atoms with Crippen LogP contribution in [0.3, 0.4) is 0 Å². The average Bonchev–Trinajstić information content (AvgIpc) is 2.67. The fourth-order valence-electron chi connectivity index (χ4n) is 2.47. The molecule has 0 bridgehead atoms. The van der Waals surface area contributed by atoms with Crippen molar-refractivity contribution in [1.82, 2.24) is 15.5 Å². The summed E-state index contributed by atoms with van der Waals surface area (Å²) in [5.74, 6) is -1.53. The molecule has 0 saturated heterocycles. The Hall–Kier alpha value is -2.45. The summed E-state index contributed by atoms with van der Waals surface area (Å²) < 4.78 is 0. The summed E-state index contributed by atoms with van der Waals surface area (Å²) in [5, 5.41) is 14.9. The lowest BCUT2D eigenvalue weighted by Gasteiger charge is -2.22. The molecule has 0 aromatic heterocycles. The van der Waals surface area contributed by atoms with Crippen molar-refractivity contribution in [1.29, 1.82) is 0 Å². The van der Waals surface area contributed by atoms with Crippen LogP contribution >= 0.6 is 0 Å². The highest BCUT2D eigenvalue weighted by atomic mass is 16.3. The van der Waals surface area contributed by atoms with E-state index in [1.165, 1.54) is 4.90 Å². The lowest BCUT2D eigenvalue weighted by Crippen LogP contribution is -2.49. The van der Waals surface area contributed by atoms with Crippen molar-refractivity contribution in [2.24, 2.45) is 5.73 Å². The first-order chi connectivity index (χ1) is 12.8. The molecule has 0 fully saturated rings. The third-order valence-corrected chi connectivity index (χ3v) is 4.11. The van der Waals surface area contributed by atoms with Gasteiger partial charge in [0, 0.05) is 20.1 Å². The maximum absolute atomic E-state index is 12.4. The first-order valence-electron chi connectivity index (χ1n) is 9.04. The molecule has 0 aliphatic carbocycles. The van der Waals surface area contributed by atoms with E-state index in [4.69, 9.17) is 5.73 Å². The van der Waals surface area contributed by atoms with E-state index in [1.54, 1.807) is 38.4 Å². The zero-order valence-electron chi connectivity index (χ0n) is 16.1. The van der Waals surface area contributed by atoms with Crippen LogP contribution < -0.4 is 16.4 Å². The topological polar surface area (TPSA) is 125 Å². The smallest absolute Gasteiger partial charge is 0.250 e. The van der Waals surface area contributed by atoms with E-state index in [0.717, 1.165) is 12.8 Å². The number of rotatable bonds is 10. The Labute approximate surface area is 160 Å². The predicted molar refractivity (Wildman–Crippen MR) is 103 cm³/mol. The number of likely N-dealkylation sites (N-methyl/N-ethyl adjacent to an activating group) is 1. The molecule has 27 heavy (non-hydrogen) atoms. The molecule has 1 rings (SSSR count). The Morgan fingerprint density at radius 2 is 1.81 bits per heavy atom. The second-order valence-corrected chi connectivity index (χ2v) is 6.61. The summed E-state index contributed by atoms with van der Waals surface area (Å²) in [5.41, 5.74) is 6.42. The number of benzene rings is 1. The molecular weight excluding hydrogens is 348 g/mol. The maximum Gasteiger partial charge on any atom is 0.250 e. The molecule has 0 radical (unpaired) electrons. The molecule has 3 unspecified atom stereocenters. The van der Waals surface area contributed by atoms with E-state index in [-0.39, 0.29) is 12.5 Å². The monoisotopic (exact) mass is 378 g/mol. The van der Waals surface area contributed by atoms with Gasteiger partial charge in [-0.1, -0.05) is 50.1 Å². The Morgan fingerprint density at radius 3 is 2.37 bits per heavy atom. The average molecular weight is 378 g/mol. The number of hydrogen-bond acceptors (Lipinski definition) is 5. The molecule has 0 aliphatic heterocycles. The molecule has 5 N–H and O–H groups in total. The van der Waals surface area contributed by atoms with E-state index < -0.39 is 30.0 Å². The van der Waals surface area contributed by atoms with Crippen LogP contribution in [0.25, 0.3) is 0 Å². The number of hydrogen-bond donors (Lipinski definition) is 4. The molecular formula is C19H30N4O4. The van der Waals surface area contributed by atoms with E-state index in [2.05, 4.69) is 10.6 Å². The third-order valence-electron chi connectivity index (χ3n) is 4.11. The minimum absolute atomic E-state index is 0.289. The Balaban J connectivity index is 2.64. The number of aliphatic hydroxyl groups excluding tert-OH is 1. The Morgan fingerprint density at radius 1 is 1.19 bits per heavy atom. The van der Waals surface area contributed by atoms with Gasteiger partial charge in [0.1, 0.15) is 12.1 Å². The summed E-state index contributed by atoms with van der Waals surface area (Å²) in [6.07, 6.45) is 0.852. The highest BCUT2D eigenvalue weighted by molar-refractivity contribution is 5.91. The van der Waals surface area contributed by atoms with Crippen molar-refractivity contribution >= 4 is 17.7 Å². The normalized spacial score (nSPS) is 14.0.